The smallest absolute Gasteiger partial charge is 0.157 e. The molecule has 1 unspecified atom stereocenters. The fourth-order valence-corrected chi connectivity index (χ4v) is 3.95. The Morgan fingerprint density at radius 1 is 1.08 bits per heavy atom. The Labute approximate surface area is 159 Å². The van der Waals surface area contributed by atoms with Crippen molar-refractivity contribution in [2.75, 3.05) is 13.2 Å². The van der Waals surface area contributed by atoms with Crippen LogP contribution in [-0.4, -0.2) is 19.5 Å². The fourth-order valence-electron chi connectivity index (χ4n) is 3.95. The van der Waals surface area contributed by atoms with Crippen LogP contribution in [0.1, 0.15) is 70.8 Å². The molecular weight excluding hydrogens is 320 g/mol. The molecule has 0 saturated carbocycles. The van der Waals surface area contributed by atoms with E-state index < -0.39 is 0 Å². The van der Waals surface area contributed by atoms with Gasteiger partial charge in [0.25, 0.3) is 0 Å². The number of unbranched alkanes of at least 4 members (excludes halogenated alkanes) is 2. The van der Waals surface area contributed by atoms with Crippen molar-refractivity contribution in [1.29, 1.82) is 0 Å². The van der Waals surface area contributed by atoms with Gasteiger partial charge in [0.05, 0.1) is 0 Å². The lowest BCUT2D eigenvalue weighted by atomic mass is 9.76. The van der Waals surface area contributed by atoms with Crippen LogP contribution in [0, 0.1) is 5.41 Å². The molecule has 0 amide bonds. The van der Waals surface area contributed by atoms with E-state index in [9.17, 15) is 0 Å². The summed E-state index contributed by atoms with van der Waals surface area (Å²) in [5, 5.41) is 0. The van der Waals surface area contributed by atoms with E-state index in [4.69, 9.17) is 9.47 Å². The molecule has 0 radical (unpaired) electrons. The van der Waals surface area contributed by atoms with Crippen LogP contribution < -0.4 is 0 Å². The van der Waals surface area contributed by atoms with E-state index in [1.54, 1.807) is 5.57 Å². The first-order chi connectivity index (χ1) is 12.6. The number of benzene rings is 1. The number of rotatable bonds is 8. The molecule has 0 bridgehead atoms. The average Bonchev–Trinajstić information content (AvgIpc) is 2.65. The molecule has 1 aliphatic heterocycles. The van der Waals surface area contributed by atoms with E-state index in [0.717, 1.165) is 26.1 Å². The monoisotopic (exact) mass is 354 g/mol. The summed E-state index contributed by atoms with van der Waals surface area (Å²) in [6.45, 7) is 6.37. The van der Waals surface area contributed by atoms with Crippen LogP contribution in [0.5, 0.6) is 0 Å². The Kier molecular flexibility index (Phi) is 7.10. The summed E-state index contributed by atoms with van der Waals surface area (Å²) in [5.41, 5.74) is 4.68. The second kappa shape index (κ2) is 9.53. The van der Waals surface area contributed by atoms with Crippen molar-refractivity contribution in [1.82, 2.24) is 0 Å². The van der Waals surface area contributed by atoms with Gasteiger partial charge in [-0.25, -0.2) is 0 Å². The molecule has 1 aliphatic carbocycles. The highest BCUT2D eigenvalue weighted by Gasteiger charge is 2.22. The minimum atomic E-state index is 0.0559. The third kappa shape index (κ3) is 5.82. The van der Waals surface area contributed by atoms with Gasteiger partial charge in [-0.05, 0) is 61.5 Å². The standard InChI is InChI=1S/C24H34O2/c1-24(2)16-15-22(20-11-5-3-6-12-20)21(19-24)13-7-4-9-17-25-23-14-8-10-18-26-23/h3,5-6,11-12,15-16,23H,4,7-10,13-14,17-19H2,1-2H3. The maximum absolute atomic E-state index is 5.85. The van der Waals surface area contributed by atoms with Gasteiger partial charge < -0.3 is 9.47 Å². The molecular formula is C24H34O2. The third-order valence-electron chi connectivity index (χ3n) is 5.40. The van der Waals surface area contributed by atoms with Gasteiger partial charge in [-0.3, -0.25) is 0 Å². The second-order valence-corrected chi connectivity index (χ2v) is 8.36. The summed E-state index contributed by atoms with van der Waals surface area (Å²) in [4.78, 5) is 0. The largest absolute Gasteiger partial charge is 0.353 e. The van der Waals surface area contributed by atoms with Crippen molar-refractivity contribution >= 4 is 5.57 Å². The van der Waals surface area contributed by atoms with Crippen LogP contribution in [0.15, 0.2) is 48.1 Å². The van der Waals surface area contributed by atoms with Crippen LogP contribution in [0.4, 0.5) is 0 Å². The van der Waals surface area contributed by atoms with Gasteiger partial charge in [-0.15, -0.1) is 0 Å². The number of hydrogen-bond acceptors (Lipinski definition) is 2. The van der Waals surface area contributed by atoms with Crippen molar-refractivity contribution in [3.8, 4) is 0 Å². The maximum atomic E-state index is 5.85. The van der Waals surface area contributed by atoms with Crippen LogP contribution in [0.2, 0.25) is 0 Å². The minimum absolute atomic E-state index is 0.0559. The van der Waals surface area contributed by atoms with Gasteiger partial charge in [0.2, 0.25) is 0 Å². The molecule has 1 atom stereocenters. The molecule has 3 rings (SSSR count). The summed E-state index contributed by atoms with van der Waals surface area (Å²) in [6.07, 6.45) is 14.2. The Balaban J connectivity index is 1.47. The summed E-state index contributed by atoms with van der Waals surface area (Å²) in [7, 11) is 0. The molecule has 1 aromatic carbocycles. The Morgan fingerprint density at radius 3 is 2.69 bits per heavy atom. The quantitative estimate of drug-likeness (QED) is 0.494. The maximum Gasteiger partial charge on any atom is 0.157 e. The highest BCUT2D eigenvalue weighted by atomic mass is 16.7. The van der Waals surface area contributed by atoms with E-state index in [-0.39, 0.29) is 11.7 Å². The SMILES string of the molecule is CC1(C)C=CC(c2ccccc2)=C(CCCCCOC2CCCCO2)C1. The van der Waals surface area contributed by atoms with Crippen molar-refractivity contribution in [2.45, 2.75) is 71.5 Å². The lowest BCUT2D eigenvalue weighted by Gasteiger charge is -2.29. The molecule has 2 nitrogen and oxygen atoms in total. The molecule has 1 fully saturated rings. The van der Waals surface area contributed by atoms with Crippen LogP contribution in [0.3, 0.4) is 0 Å². The first-order valence-corrected chi connectivity index (χ1v) is 10.3. The average molecular weight is 355 g/mol. The van der Waals surface area contributed by atoms with Gasteiger partial charge in [-0.2, -0.15) is 0 Å². The topological polar surface area (TPSA) is 18.5 Å². The molecule has 2 heteroatoms. The van der Waals surface area contributed by atoms with Crippen LogP contribution in [-0.2, 0) is 9.47 Å². The van der Waals surface area contributed by atoms with Gasteiger partial charge >= 0.3 is 0 Å². The molecule has 1 saturated heterocycles. The van der Waals surface area contributed by atoms with Gasteiger partial charge in [0, 0.05) is 13.2 Å². The van der Waals surface area contributed by atoms with Gasteiger partial charge in [-0.1, -0.05) is 68.3 Å². The van der Waals surface area contributed by atoms with E-state index >= 15 is 0 Å². The summed E-state index contributed by atoms with van der Waals surface area (Å²) in [6, 6.07) is 10.8. The molecule has 0 aromatic heterocycles. The molecule has 0 spiro atoms. The summed E-state index contributed by atoms with van der Waals surface area (Å²) < 4.78 is 11.5. The lowest BCUT2D eigenvalue weighted by molar-refractivity contribution is -0.162. The predicted molar refractivity (Wildman–Crippen MR) is 109 cm³/mol. The van der Waals surface area contributed by atoms with E-state index in [1.165, 1.54) is 49.7 Å². The third-order valence-corrected chi connectivity index (χ3v) is 5.40. The summed E-state index contributed by atoms with van der Waals surface area (Å²) >= 11 is 0. The molecule has 0 N–H and O–H groups in total. The first-order valence-electron chi connectivity index (χ1n) is 10.3. The first kappa shape index (κ1) is 19.4. The number of ether oxygens (including phenoxy) is 2. The normalized spacial score (nSPS) is 22.6. The fraction of sp³-hybridized carbons (Fsp3) is 0.583. The Bertz CT molecular complexity index is 606. The lowest BCUT2D eigenvalue weighted by Crippen LogP contribution is -2.22. The molecule has 142 valence electrons. The highest BCUT2D eigenvalue weighted by molar-refractivity contribution is 5.78. The van der Waals surface area contributed by atoms with E-state index in [2.05, 4.69) is 56.3 Å². The Morgan fingerprint density at radius 2 is 1.92 bits per heavy atom. The minimum Gasteiger partial charge on any atom is -0.353 e. The van der Waals surface area contributed by atoms with Crippen molar-refractivity contribution in [3.05, 3.63) is 53.6 Å². The van der Waals surface area contributed by atoms with Crippen molar-refractivity contribution in [2.24, 2.45) is 5.41 Å². The predicted octanol–water partition coefficient (Wildman–Crippen LogP) is 6.53. The van der Waals surface area contributed by atoms with E-state index in [1.807, 2.05) is 0 Å². The second-order valence-electron chi connectivity index (χ2n) is 8.36. The molecule has 26 heavy (non-hydrogen) atoms. The van der Waals surface area contributed by atoms with Crippen molar-refractivity contribution in [3.63, 3.8) is 0 Å². The van der Waals surface area contributed by atoms with Crippen LogP contribution >= 0.6 is 0 Å². The zero-order valence-electron chi connectivity index (χ0n) is 16.5. The molecule has 1 aromatic rings. The molecule has 1 heterocycles. The zero-order valence-corrected chi connectivity index (χ0v) is 16.5. The number of hydrogen-bond donors (Lipinski definition) is 0. The van der Waals surface area contributed by atoms with Crippen LogP contribution in [0.25, 0.3) is 5.57 Å². The zero-order chi connectivity index (χ0) is 18.2. The molecule has 2 aliphatic rings. The van der Waals surface area contributed by atoms with Crippen molar-refractivity contribution < 1.29 is 9.47 Å². The summed E-state index contributed by atoms with van der Waals surface area (Å²) in [5.74, 6) is 0. The van der Waals surface area contributed by atoms with E-state index in [0.29, 0.717) is 0 Å². The van der Waals surface area contributed by atoms with Gasteiger partial charge in [0.15, 0.2) is 6.29 Å². The number of allylic oxidation sites excluding steroid dienone is 4. The van der Waals surface area contributed by atoms with Gasteiger partial charge in [0.1, 0.15) is 0 Å². The highest BCUT2D eigenvalue weighted by Crippen LogP contribution is 2.39. The Hall–Kier alpha value is -1.38.